The largest absolute Gasteiger partial charge is 0.483 e. The lowest BCUT2D eigenvalue weighted by molar-refractivity contribution is -0.132. The van der Waals surface area contributed by atoms with Crippen LogP contribution < -0.4 is 4.74 Å². The van der Waals surface area contributed by atoms with Crippen molar-refractivity contribution in [2.45, 2.75) is 12.8 Å². The fourth-order valence-electron chi connectivity index (χ4n) is 3.27. The van der Waals surface area contributed by atoms with E-state index in [1.165, 1.54) is 5.39 Å². The maximum atomic E-state index is 12.3. The van der Waals surface area contributed by atoms with E-state index in [4.69, 9.17) is 4.74 Å². The molecule has 122 valence electrons. The number of amides is 1. The van der Waals surface area contributed by atoms with Crippen molar-refractivity contribution in [1.82, 2.24) is 4.90 Å². The quantitative estimate of drug-likeness (QED) is 0.698. The molecule has 1 saturated heterocycles. The summed E-state index contributed by atoms with van der Waals surface area (Å²) in [5.74, 6) is 0.858. The highest BCUT2D eigenvalue weighted by atomic mass is 32.1. The monoisotopic (exact) mass is 337 g/mol. The van der Waals surface area contributed by atoms with Crippen LogP contribution in [0, 0.1) is 0 Å². The van der Waals surface area contributed by atoms with Crippen LogP contribution >= 0.6 is 11.3 Å². The van der Waals surface area contributed by atoms with Gasteiger partial charge in [0.2, 0.25) is 0 Å². The van der Waals surface area contributed by atoms with Gasteiger partial charge in [0.25, 0.3) is 5.91 Å². The van der Waals surface area contributed by atoms with E-state index in [0.717, 1.165) is 48.2 Å². The fraction of sp³-hybridized carbons (Fsp3) is 0.250. The number of thiophene rings is 1. The van der Waals surface area contributed by atoms with E-state index >= 15 is 0 Å². The van der Waals surface area contributed by atoms with Crippen molar-refractivity contribution in [3.8, 4) is 16.9 Å². The Morgan fingerprint density at radius 1 is 1.08 bits per heavy atom. The van der Waals surface area contributed by atoms with Crippen molar-refractivity contribution in [3.63, 3.8) is 0 Å². The van der Waals surface area contributed by atoms with Crippen LogP contribution in [0.3, 0.4) is 0 Å². The molecule has 1 aliphatic heterocycles. The minimum absolute atomic E-state index is 0.0805. The number of carbonyl (C=O) groups is 1. The van der Waals surface area contributed by atoms with Gasteiger partial charge in [-0.05, 0) is 52.1 Å². The van der Waals surface area contributed by atoms with Crippen molar-refractivity contribution in [3.05, 3.63) is 53.2 Å². The molecular formula is C20H19NO2S. The van der Waals surface area contributed by atoms with Crippen molar-refractivity contribution in [1.29, 1.82) is 0 Å². The molecule has 1 fully saturated rings. The zero-order valence-electron chi connectivity index (χ0n) is 13.4. The molecule has 24 heavy (non-hydrogen) atoms. The second kappa shape index (κ2) is 6.65. The summed E-state index contributed by atoms with van der Waals surface area (Å²) in [7, 11) is 0. The molecule has 4 heteroatoms. The third kappa shape index (κ3) is 2.89. The Bertz CT molecular complexity index is 851. The normalized spacial score (nSPS) is 14.2. The summed E-state index contributed by atoms with van der Waals surface area (Å²) in [5.41, 5.74) is 2.21. The molecule has 2 aromatic carbocycles. The lowest BCUT2D eigenvalue weighted by Crippen LogP contribution is -2.32. The summed E-state index contributed by atoms with van der Waals surface area (Å²) in [6.07, 6.45) is 2.20. The molecule has 0 atom stereocenters. The van der Waals surface area contributed by atoms with Gasteiger partial charge < -0.3 is 9.64 Å². The molecule has 1 amide bonds. The first-order valence-electron chi connectivity index (χ1n) is 8.28. The van der Waals surface area contributed by atoms with Crippen LogP contribution in [-0.4, -0.2) is 30.5 Å². The molecule has 3 aromatic rings. The van der Waals surface area contributed by atoms with E-state index in [1.807, 2.05) is 23.1 Å². The number of carbonyl (C=O) groups excluding carboxylic acids is 1. The molecule has 2 heterocycles. The fourth-order valence-corrected chi connectivity index (χ4v) is 3.92. The van der Waals surface area contributed by atoms with Crippen molar-refractivity contribution in [2.24, 2.45) is 0 Å². The molecule has 4 rings (SSSR count). The number of fused-ring (bicyclic) bond motifs is 1. The van der Waals surface area contributed by atoms with E-state index in [1.54, 1.807) is 11.3 Å². The van der Waals surface area contributed by atoms with Crippen LogP contribution in [-0.2, 0) is 4.79 Å². The first-order valence-corrected chi connectivity index (χ1v) is 9.22. The molecule has 1 aliphatic rings. The third-order valence-corrected chi connectivity index (χ3v) is 5.19. The second-order valence-corrected chi connectivity index (χ2v) is 6.83. The van der Waals surface area contributed by atoms with Crippen LogP contribution in [0.1, 0.15) is 12.8 Å². The molecule has 0 saturated carbocycles. The predicted molar refractivity (Wildman–Crippen MR) is 98.6 cm³/mol. The van der Waals surface area contributed by atoms with Gasteiger partial charge >= 0.3 is 0 Å². The van der Waals surface area contributed by atoms with Crippen LogP contribution in [0.5, 0.6) is 5.75 Å². The number of hydrogen-bond donors (Lipinski definition) is 0. The molecule has 0 N–H and O–H groups in total. The first-order chi connectivity index (χ1) is 11.8. The molecule has 0 bridgehead atoms. The minimum Gasteiger partial charge on any atom is -0.483 e. The Kier molecular flexibility index (Phi) is 4.22. The van der Waals surface area contributed by atoms with Gasteiger partial charge in [0.05, 0.1) is 0 Å². The number of nitrogens with zero attached hydrogens (tertiary/aromatic N) is 1. The molecule has 1 aromatic heterocycles. The van der Waals surface area contributed by atoms with Crippen LogP contribution in [0.25, 0.3) is 21.9 Å². The molecule has 3 nitrogen and oxygen atoms in total. The number of hydrogen-bond acceptors (Lipinski definition) is 3. The summed E-state index contributed by atoms with van der Waals surface area (Å²) >= 11 is 1.67. The van der Waals surface area contributed by atoms with E-state index < -0.39 is 0 Å². The molecular weight excluding hydrogens is 318 g/mol. The van der Waals surface area contributed by atoms with E-state index in [-0.39, 0.29) is 12.5 Å². The summed E-state index contributed by atoms with van der Waals surface area (Å²) in [6, 6.07) is 14.4. The number of ether oxygens (including phenoxy) is 1. The van der Waals surface area contributed by atoms with Crippen LogP contribution in [0.2, 0.25) is 0 Å². The van der Waals surface area contributed by atoms with Gasteiger partial charge in [-0.1, -0.05) is 30.3 Å². The summed E-state index contributed by atoms with van der Waals surface area (Å²) in [4.78, 5) is 14.2. The summed E-state index contributed by atoms with van der Waals surface area (Å²) in [5, 5.41) is 6.52. The summed E-state index contributed by atoms with van der Waals surface area (Å²) < 4.78 is 5.96. The Labute approximate surface area is 145 Å². The van der Waals surface area contributed by atoms with Gasteiger partial charge in [0.15, 0.2) is 6.61 Å². The minimum atomic E-state index is 0.0805. The molecule has 0 unspecified atom stereocenters. The first kappa shape index (κ1) is 15.2. The number of likely N-dealkylation sites (tertiary alicyclic amines) is 1. The Balaban J connectivity index is 1.67. The zero-order valence-corrected chi connectivity index (χ0v) is 14.2. The van der Waals surface area contributed by atoms with Crippen LogP contribution in [0.15, 0.2) is 53.2 Å². The predicted octanol–water partition coefficient (Wildman–Crippen LogP) is 4.57. The topological polar surface area (TPSA) is 29.5 Å². The van der Waals surface area contributed by atoms with E-state index in [9.17, 15) is 4.79 Å². The standard InChI is InChI=1S/C20H19NO2S/c22-19(21-10-3-4-11-21)13-23-18-8-7-15-5-1-2-6-17(15)20(18)16-9-12-24-14-16/h1-2,5-9,12,14H,3-4,10-11,13H2. The smallest absolute Gasteiger partial charge is 0.260 e. The van der Waals surface area contributed by atoms with Crippen molar-refractivity contribution in [2.75, 3.05) is 19.7 Å². The summed E-state index contributed by atoms with van der Waals surface area (Å²) in [6.45, 7) is 1.82. The SMILES string of the molecule is O=C(COc1ccc2ccccc2c1-c1ccsc1)N1CCCC1. The van der Waals surface area contributed by atoms with Crippen LogP contribution in [0.4, 0.5) is 0 Å². The highest BCUT2D eigenvalue weighted by molar-refractivity contribution is 7.08. The maximum Gasteiger partial charge on any atom is 0.260 e. The average Bonchev–Trinajstić information content (AvgIpc) is 3.32. The number of rotatable bonds is 4. The molecule has 0 spiro atoms. The zero-order chi connectivity index (χ0) is 16.4. The maximum absolute atomic E-state index is 12.3. The van der Waals surface area contributed by atoms with E-state index in [2.05, 4.69) is 35.0 Å². The van der Waals surface area contributed by atoms with Gasteiger partial charge in [-0.25, -0.2) is 0 Å². The Hall–Kier alpha value is -2.33. The van der Waals surface area contributed by atoms with Crippen molar-refractivity contribution < 1.29 is 9.53 Å². The molecule has 0 aliphatic carbocycles. The lowest BCUT2D eigenvalue weighted by Gasteiger charge is -2.17. The highest BCUT2D eigenvalue weighted by Crippen LogP contribution is 2.38. The third-order valence-electron chi connectivity index (χ3n) is 4.51. The Morgan fingerprint density at radius 3 is 2.71 bits per heavy atom. The Morgan fingerprint density at radius 2 is 1.92 bits per heavy atom. The number of benzene rings is 2. The van der Waals surface area contributed by atoms with Gasteiger partial charge in [-0.3, -0.25) is 4.79 Å². The van der Waals surface area contributed by atoms with Gasteiger partial charge in [0, 0.05) is 18.7 Å². The van der Waals surface area contributed by atoms with Crippen molar-refractivity contribution >= 4 is 28.0 Å². The lowest BCUT2D eigenvalue weighted by atomic mass is 9.99. The second-order valence-electron chi connectivity index (χ2n) is 6.05. The highest BCUT2D eigenvalue weighted by Gasteiger charge is 2.19. The van der Waals surface area contributed by atoms with Gasteiger partial charge in [0.1, 0.15) is 5.75 Å². The average molecular weight is 337 g/mol. The molecule has 0 radical (unpaired) electrons. The van der Waals surface area contributed by atoms with Gasteiger partial charge in [-0.15, -0.1) is 0 Å². The van der Waals surface area contributed by atoms with E-state index in [0.29, 0.717) is 0 Å². The van der Waals surface area contributed by atoms with Gasteiger partial charge in [-0.2, -0.15) is 11.3 Å².